The quantitative estimate of drug-likeness (QED) is 0.200. The van der Waals surface area contributed by atoms with Crippen LogP contribution in [0, 0.1) is 17.6 Å². The first-order valence-corrected chi connectivity index (χ1v) is 20.3. The van der Waals surface area contributed by atoms with Gasteiger partial charge in [0.25, 0.3) is 5.91 Å². The summed E-state index contributed by atoms with van der Waals surface area (Å²) in [4.78, 5) is 45.9. The number of benzene rings is 4. The molecule has 4 aromatic rings. The zero-order valence-corrected chi connectivity index (χ0v) is 31.6. The molecule has 56 heavy (non-hydrogen) atoms. The van der Waals surface area contributed by atoms with Crippen molar-refractivity contribution in [3.05, 3.63) is 124 Å². The number of hydrogen-bond acceptors (Lipinski definition) is 7. The maximum Gasteiger partial charge on any atom is 0.255 e. The minimum absolute atomic E-state index is 0.0438. The van der Waals surface area contributed by atoms with Crippen LogP contribution in [0.25, 0.3) is 0 Å². The molecule has 1 amide bonds. The Hall–Kier alpha value is -5.09. The zero-order chi connectivity index (χ0) is 38.5. The van der Waals surface area contributed by atoms with Crippen LogP contribution in [-0.4, -0.2) is 84.2 Å². The Labute approximate surface area is 326 Å². The number of Topliss-reactive ketones (excluding diaryl/α,β-unsaturated/α-hetero) is 2. The lowest BCUT2D eigenvalue weighted by Crippen LogP contribution is -2.49. The topological polar surface area (TPSA) is 84.4 Å². The standard InChI is InChI=1S/C46H48F2N4O4/c47-40-24-32(44-37(30-4-2-1-3-5-30)10-6-31-23-35(53)8-12-38(31)44)25-41(48)45(40)51-16-14-29(15-17-51)27-49-18-20-50(21-19-49)34-7-11-39-33(22-34)28-52(46(39)56)42-13-9-36(54)26-43(42)55/h1-5,7-8,11-12,22-25,29,37,42,44,53H,6,9-10,13-21,26-28H2/t37-,42?,44+/m0/s1. The fourth-order valence-electron chi connectivity index (χ4n) is 10.2. The molecule has 0 spiro atoms. The molecule has 3 fully saturated rings. The minimum atomic E-state index is -0.519. The molecule has 2 saturated heterocycles. The second-order valence-electron chi connectivity index (χ2n) is 16.5. The van der Waals surface area contributed by atoms with E-state index in [1.165, 1.54) is 0 Å². The van der Waals surface area contributed by atoms with Crippen molar-refractivity contribution >= 4 is 28.8 Å². The van der Waals surface area contributed by atoms with E-state index in [9.17, 15) is 19.5 Å². The number of nitrogens with zero attached hydrogens (tertiary/aromatic N) is 4. The Kier molecular flexibility index (Phi) is 9.86. The first kappa shape index (κ1) is 36.5. The van der Waals surface area contributed by atoms with Crippen molar-refractivity contribution in [1.29, 1.82) is 0 Å². The van der Waals surface area contributed by atoms with Gasteiger partial charge < -0.3 is 19.8 Å². The maximum atomic E-state index is 16.1. The molecule has 0 bridgehead atoms. The molecule has 0 radical (unpaired) electrons. The van der Waals surface area contributed by atoms with Crippen molar-refractivity contribution in [3.63, 3.8) is 0 Å². The molecule has 0 aromatic heterocycles. The molecule has 3 aliphatic heterocycles. The lowest BCUT2D eigenvalue weighted by atomic mass is 9.69. The number of halogens is 2. The summed E-state index contributed by atoms with van der Waals surface area (Å²) in [5, 5.41) is 10.2. The summed E-state index contributed by atoms with van der Waals surface area (Å²) < 4.78 is 32.2. The van der Waals surface area contributed by atoms with E-state index in [4.69, 9.17) is 0 Å². The van der Waals surface area contributed by atoms with Crippen molar-refractivity contribution < 1.29 is 28.3 Å². The van der Waals surface area contributed by atoms with E-state index < -0.39 is 17.7 Å². The molecule has 4 aromatic carbocycles. The molecule has 2 aliphatic carbocycles. The summed E-state index contributed by atoms with van der Waals surface area (Å²) >= 11 is 0. The van der Waals surface area contributed by atoms with E-state index in [0.29, 0.717) is 49.5 Å². The van der Waals surface area contributed by atoms with Gasteiger partial charge in [0.1, 0.15) is 28.9 Å². The number of ketones is 2. The highest BCUT2D eigenvalue weighted by Gasteiger charge is 2.39. The van der Waals surface area contributed by atoms with Gasteiger partial charge in [-0.15, -0.1) is 0 Å². The van der Waals surface area contributed by atoms with E-state index in [1.807, 2.05) is 41.3 Å². The van der Waals surface area contributed by atoms with Crippen molar-refractivity contribution in [2.75, 3.05) is 55.6 Å². The summed E-state index contributed by atoms with van der Waals surface area (Å²) in [6.07, 6.45) is 4.02. The van der Waals surface area contributed by atoms with Gasteiger partial charge in [0.2, 0.25) is 0 Å². The van der Waals surface area contributed by atoms with Gasteiger partial charge in [-0.1, -0.05) is 36.4 Å². The van der Waals surface area contributed by atoms with Crippen molar-refractivity contribution in [1.82, 2.24) is 9.80 Å². The Morgan fingerprint density at radius 1 is 0.696 bits per heavy atom. The number of carbonyl (C=O) groups excluding carboxylic acids is 3. The van der Waals surface area contributed by atoms with Gasteiger partial charge in [0, 0.05) is 75.9 Å². The second kappa shape index (κ2) is 15.1. The molecule has 1 unspecified atom stereocenters. The third-order valence-corrected chi connectivity index (χ3v) is 13.1. The van der Waals surface area contributed by atoms with Crippen molar-refractivity contribution in [2.24, 2.45) is 5.92 Å². The smallest absolute Gasteiger partial charge is 0.255 e. The first-order chi connectivity index (χ1) is 27.2. The molecular weight excluding hydrogens is 711 g/mol. The fourth-order valence-corrected chi connectivity index (χ4v) is 10.2. The summed E-state index contributed by atoms with van der Waals surface area (Å²) in [5.41, 5.74) is 6.54. The van der Waals surface area contributed by atoms with Gasteiger partial charge in [-0.05, 0) is 114 Å². The largest absolute Gasteiger partial charge is 0.508 e. The van der Waals surface area contributed by atoms with Gasteiger partial charge in [-0.3, -0.25) is 19.3 Å². The van der Waals surface area contributed by atoms with E-state index in [0.717, 1.165) is 86.3 Å². The predicted molar refractivity (Wildman–Crippen MR) is 211 cm³/mol. The number of aryl methyl sites for hydroxylation is 1. The maximum absolute atomic E-state index is 16.1. The highest BCUT2D eigenvalue weighted by molar-refractivity contribution is 6.07. The van der Waals surface area contributed by atoms with Gasteiger partial charge in [0.15, 0.2) is 5.78 Å². The lowest BCUT2D eigenvalue weighted by Gasteiger charge is -2.40. The number of phenols is 1. The third-order valence-electron chi connectivity index (χ3n) is 13.1. The Morgan fingerprint density at radius 2 is 1.45 bits per heavy atom. The third kappa shape index (κ3) is 6.97. The van der Waals surface area contributed by atoms with Crippen molar-refractivity contribution in [3.8, 4) is 5.75 Å². The fraction of sp³-hybridized carbons (Fsp3) is 0.413. The first-order valence-electron chi connectivity index (χ1n) is 20.3. The van der Waals surface area contributed by atoms with Crippen LogP contribution >= 0.6 is 0 Å². The number of anilines is 2. The van der Waals surface area contributed by atoms with Crippen LogP contribution in [0.4, 0.5) is 20.2 Å². The SMILES string of the molecule is O=C1CCC(N2Cc3cc(N4CCN(CC5CCN(c6c(F)cc([C@H]7c8ccc(O)cc8CC[C@H]7c7ccccc7)cc6F)CC5)CC4)ccc3C2=O)C(=O)C1. The molecule has 5 aliphatic rings. The lowest BCUT2D eigenvalue weighted by molar-refractivity contribution is -0.133. The van der Waals surface area contributed by atoms with E-state index >= 15 is 8.78 Å². The van der Waals surface area contributed by atoms with Gasteiger partial charge in [-0.25, -0.2) is 8.78 Å². The molecule has 9 rings (SSSR count). The van der Waals surface area contributed by atoms with Crippen LogP contribution in [0.5, 0.6) is 5.75 Å². The van der Waals surface area contributed by atoms with E-state index in [-0.39, 0.29) is 47.2 Å². The molecular formula is C46H48F2N4O4. The number of rotatable bonds is 7. The Bertz CT molecular complexity index is 2140. The number of phenolic OH excluding ortho intramolecular Hbond substituents is 1. The van der Waals surface area contributed by atoms with Crippen LogP contribution in [0.15, 0.2) is 78.9 Å². The minimum Gasteiger partial charge on any atom is -0.508 e. The molecule has 3 heterocycles. The number of piperidine rings is 1. The average Bonchev–Trinajstić information content (AvgIpc) is 3.53. The second-order valence-corrected chi connectivity index (χ2v) is 16.5. The Morgan fingerprint density at radius 3 is 2.18 bits per heavy atom. The highest BCUT2D eigenvalue weighted by atomic mass is 19.1. The number of fused-ring (bicyclic) bond motifs is 2. The van der Waals surface area contributed by atoms with Crippen LogP contribution in [-0.2, 0) is 22.6 Å². The number of piperazine rings is 1. The Balaban J connectivity index is 0.810. The van der Waals surface area contributed by atoms with Crippen LogP contribution < -0.4 is 9.80 Å². The van der Waals surface area contributed by atoms with Gasteiger partial charge >= 0.3 is 0 Å². The molecule has 8 nitrogen and oxygen atoms in total. The number of hydrogen-bond donors (Lipinski definition) is 1. The number of amides is 1. The van der Waals surface area contributed by atoms with Crippen LogP contribution in [0.2, 0.25) is 0 Å². The average molecular weight is 759 g/mol. The van der Waals surface area contributed by atoms with Crippen LogP contribution in [0.1, 0.15) is 88.5 Å². The highest BCUT2D eigenvalue weighted by Crippen LogP contribution is 2.48. The van der Waals surface area contributed by atoms with Crippen molar-refractivity contribution in [2.45, 2.75) is 69.4 Å². The monoisotopic (exact) mass is 758 g/mol. The molecule has 10 heteroatoms. The van der Waals surface area contributed by atoms with Gasteiger partial charge in [0.05, 0.1) is 12.5 Å². The summed E-state index contributed by atoms with van der Waals surface area (Å²) in [5.74, 6) is -0.867. The summed E-state index contributed by atoms with van der Waals surface area (Å²) in [6, 6.07) is 24.1. The number of aromatic hydroxyl groups is 1. The summed E-state index contributed by atoms with van der Waals surface area (Å²) in [7, 11) is 0. The van der Waals surface area contributed by atoms with E-state index in [2.05, 4.69) is 28.0 Å². The normalized spacial score (nSPS) is 23.4. The molecule has 3 atom stereocenters. The molecule has 1 saturated carbocycles. The van der Waals surface area contributed by atoms with E-state index in [1.54, 1.807) is 29.2 Å². The predicted octanol–water partition coefficient (Wildman–Crippen LogP) is 7.22. The van der Waals surface area contributed by atoms with Gasteiger partial charge in [-0.2, -0.15) is 0 Å². The zero-order valence-electron chi connectivity index (χ0n) is 31.6. The molecule has 1 N–H and O–H groups in total. The summed E-state index contributed by atoms with van der Waals surface area (Å²) in [6.45, 7) is 6.09. The van der Waals surface area contributed by atoms with Crippen LogP contribution in [0.3, 0.4) is 0 Å². The molecule has 290 valence electrons. The number of carbonyl (C=O) groups is 3.